The molecule has 1 aromatic rings. The van der Waals surface area contributed by atoms with Crippen molar-refractivity contribution in [2.24, 2.45) is 11.8 Å². The minimum Gasteiger partial charge on any atom is -0.342 e. The molecule has 1 aliphatic rings. The third kappa shape index (κ3) is 4.10. The lowest BCUT2D eigenvalue weighted by molar-refractivity contribution is -0.385. The molecule has 0 spiro atoms. The van der Waals surface area contributed by atoms with Crippen LogP contribution in [0.15, 0.2) is 18.2 Å². The summed E-state index contributed by atoms with van der Waals surface area (Å²) >= 11 is 0. The van der Waals surface area contributed by atoms with E-state index in [0.29, 0.717) is 37.2 Å². The van der Waals surface area contributed by atoms with Gasteiger partial charge >= 0.3 is 0 Å². The molecule has 24 heavy (non-hydrogen) atoms. The van der Waals surface area contributed by atoms with Crippen molar-refractivity contribution in [3.63, 3.8) is 0 Å². The van der Waals surface area contributed by atoms with E-state index in [-0.39, 0.29) is 29.3 Å². The number of rotatable bonds is 4. The van der Waals surface area contributed by atoms with Crippen molar-refractivity contribution in [2.45, 2.75) is 33.6 Å². The number of amides is 2. The smallest absolute Gasteiger partial charge is 0.274 e. The summed E-state index contributed by atoms with van der Waals surface area (Å²) in [5, 5.41) is 13.7. The highest BCUT2D eigenvalue weighted by Crippen LogP contribution is 2.24. The fraction of sp³-hybridized carbons (Fsp3) is 0.529. The highest BCUT2D eigenvalue weighted by atomic mass is 16.6. The number of hydrogen-bond acceptors (Lipinski definition) is 4. The molecule has 0 atom stereocenters. The molecule has 7 heteroatoms. The highest BCUT2D eigenvalue weighted by Gasteiger charge is 2.28. The van der Waals surface area contributed by atoms with Gasteiger partial charge < -0.3 is 10.2 Å². The van der Waals surface area contributed by atoms with Gasteiger partial charge in [0.05, 0.1) is 4.92 Å². The number of piperidine rings is 1. The second-order valence-corrected chi connectivity index (χ2v) is 6.50. The zero-order valence-electron chi connectivity index (χ0n) is 14.2. The highest BCUT2D eigenvalue weighted by molar-refractivity contribution is 5.93. The first-order valence-electron chi connectivity index (χ1n) is 8.14. The van der Waals surface area contributed by atoms with Crippen LogP contribution in [0.4, 0.5) is 11.4 Å². The van der Waals surface area contributed by atoms with E-state index in [1.165, 1.54) is 6.07 Å². The lowest BCUT2D eigenvalue weighted by Gasteiger charge is -2.32. The average Bonchev–Trinajstić information content (AvgIpc) is 2.55. The molecule has 2 amide bonds. The Morgan fingerprint density at radius 2 is 1.92 bits per heavy atom. The van der Waals surface area contributed by atoms with Crippen LogP contribution in [0.1, 0.15) is 32.3 Å². The molecular weight excluding hydrogens is 310 g/mol. The second-order valence-electron chi connectivity index (χ2n) is 6.50. The summed E-state index contributed by atoms with van der Waals surface area (Å²) in [6.07, 6.45) is 1.22. The van der Waals surface area contributed by atoms with Crippen LogP contribution < -0.4 is 5.32 Å². The summed E-state index contributed by atoms with van der Waals surface area (Å²) in [7, 11) is 0. The number of anilines is 1. The maximum atomic E-state index is 12.4. The minimum atomic E-state index is -0.457. The Morgan fingerprint density at radius 3 is 2.46 bits per heavy atom. The Labute approximate surface area is 141 Å². The molecule has 0 aliphatic carbocycles. The van der Waals surface area contributed by atoms with Crippen molar-refractivity contribution in [1.29, 1.82) is 0 Å². The van der Waals surface area contributed by atoms with Gasteiger partial charge in [-0.15, -0.1) is 0 Å². The lowest BCUT2D eigenvalue weighted by Crippen LogP contribution is -2.43. The normalized spacial score (nSPS) is 15.4. The maximum Gasteiger partial charge on any atom is 0.274 e. The Hall–Kier alpha value is -2.44. The fourth-order valence-corrected chi connectivity index (χ4v) is 2.86. The maximum absolute atomic E-state index is 12.4. The van der Waals surface area contributed by atoms with Crippen LogP contribution in [-0.2, 0) is 9.59 Å². The van der Waals surface area contributed by atoms with Crippen molar-refractivity contribution in [2.75, 3.05) is 18.4 Å². The summed E-state index contributed by atoms with van der Waals surface area (Å²) in [5.41, 5.74) is 0.974. The lowest BCUT2D eigenvalue weighted by atomic mass is 9.95. The van der Waals surface area contributed by atoms with E-state index < -0.39 is 4.92 Å². The van der Waals surface area contributed by atoms with E-state index in [1.54, 1.807) is 24.0 Å². The summed E-state index contributed by atoms with van der Waals surface area (Å²) in [4.78, 5) is 36.6. The van der Waals surface area contributed by atoms with Gasteiger partial charge in [-0.25, -0.2) is 0 Å². The fourth-order valence-electron chi connectivity index (χ4n) is 2.86. The first-order valence-corrected chi connectivity index (χ1v) is 8.14. The standard InChI is InChI=1S/C17H23N3O4/c1-11(2)17(22)19-8-6-13(7-9-19)16(21)18-14-5-4-12(3)15(10-14)20(23)24/h4-5,10-11,13H,6-9H2,1-3H3,(H,18,21). The zero-order chi connectivity index (χ0) is 17.9. The molecule has 1 aromatic carbocycles. The molecule has 1 fully saturated rings. The van der Waals surface area contributed by atoms with E-state index in [2.05, 4.69) is 5.32 Å². The number of benzene rings is 1. The quantitative estimate of drug-likeness (QED) is 0.677. The number of nitro groups is 1. The molecule has 1 heterocycles. The number of carbonyl (C=O) groups excluding carboxylic acids is 2. The number of aryl methyl sites for hydroxylation is 1. The van der Waals surface area contributed by atoms with Crippen LogP contribution in [0, 0.1) is 28.9 Å². The molecule has 0 saturated carbocycles. The predicted molar refractivity (Wildman–Crippen MR) is 90.6 cm³/mol. The van der Waals surface area contributed by atoms with E-state index in [4.69, 9.17) is 0 Å². The number of likely N-dealkylation sites (tertiary alicyclic amines) is 1. The molecule has 2 rings (SSSR count). The van der Waals surface area contributed by atoms with Crippen molar-refractivity contribution in [3.05, 3.63) is 33.9 Å². The summed E-state index contributed by atoms with van der Waals surface area (Å²) in [6, 6.07) is 4.67. The molecular formula is C17H23N3O4. The SMILES string of the molecule is Cc1ccc(NC(=O)C2CCN(C(=O)C(C)C)CC2)cc1[N+](=O)[O-]. The molecule has 0 unspecified atom stereocenters. The average molecular weight is 333 g/mol. The number of nitrogens with one attached hydrogen (secondary N) is 1. The first kappa shape index (κ1) is 17.9. The number of nitrogens with zero attached hydrogens (tertiary/aromatic N) is 2. The molecule has 0 bridgehead atoms. The van der Waals surface area contributed by atoms with Crippen molar-refractivity contribution in [3.8, 4) is 0 Å². The number of carbonyl (C=O) groups is 2. The Kier molecular flexibility index (Phi) is 5.54. The minimum absolute atomic E-state index is 0.00912. The Balaban J connectivity index is 1.96. The van der Waals surface area contributed by atoms with Crippen molar-refractivity contribution >= 4 is 23.2 Å². The van der Waals surface area contributed by atoms with Gasteiger partial charge in [-0.1, -0.05) is 19.9 Å². The van der Waals surface area contributed by atoms with Crippen LogP contribution in [0.2, 0.25) is 0 Å². The van der Waals surface area contributed by atoms with Crippen molar-refractivity contribution in [1.82, 2.24) is 4.90 Å². The monoisotopic (exact) mass is 333 g/mol. The van der Waals surface area contributed by atoms with Gasteiger partial charge in [-0.05, 0) is 25.8 Å². The van der Waals surface area contributed by atoms with Gasteiger partial charge in [-0.2, -0.15) is 0 Å². The molecule has 1 aliphatic heterocycles. The van der Waals surface area contributed by atoms with Gasteiger partial charge in [0.1, 0.15) is 0 Å². The van der Waals surface area contributed by atoms with Gasteiger partial charge in [-0.3, -0.25) is 19.7 Å². The van der Waals surface area contributed by atoms with Gasteiger partial charge in [0.2, 0.25) is 11.8 Å². The first-order chi connectivity index (χ1) is 11.3. The van der Waals surface area contributed by atoms with Crippen LogP contribution in [0.5, 0.6) is 0 Å². The van der Waals surface area contributed by atoms with E-state index in [9.17, 15) is 19.7 Å². The molecule has 0 aromatic heterocycles. The van der Waals surface area contributed by atoms with Crippen LogP contribution in [0.3, 0.4) is 0 Å². The van der Waals surface area contributed by atoms with Gasteiger partial charge in [0.15, 0.2) is 0 Å². The topological polar surface area (TPSA) is 92.6 Å². The summed E-state index contributed by atoms with van der Waals surface area (Å²) in [6.45, 7) is 6.54. The molecule has 7 nitrogen and oxygen atoms in total. The van der Waals surface area contributed by atoms with Crippen LogP contribution in [-0.4, -0.2) is 34.7 Å². The Morgan fingerprint density at radius 1 is 1.29 bits per heavy atom. The van der Waals surface area contributed by atoms with E-state index in [0.717, 1.165) is 0 Å². The summed E-state index contributed by atoms with van der Waals surface area (Å²) < 4.78 is 0. The third-order valence-corrected chi connectivity index (χ3v) is 4.34. The molecule has 1 saturated heterocycles. The molecule has 130 valence electrons. The van der Waals surface area contributed by atoms with E-state index >= 15 is 0 Å². The van der Waals surface area contributed by atoms with Crippen molar-refractivity contribution < 1.29 is 14.5 Å². The predicted octanol–water partition coefficient (Wildman–Crippen LogP) is 2.74. The Bertz CT molecular complexity index is 649. The number of hydrogen-bond donors (Lipinski definition) is 1. The second kappa shape index (κ2) is 7.42. The van der Waals surface area contributed by atoms with Crippen LogP contribution >= 0.6 is 0 Å². The summed E-state index contributed by atoms with van der Waals surface area (Å²) in [5.74, 6) is -0.252. The van der Waals surface area contributed by atoms with E-state index in [1.807, 2.05) is 13.8 Å². The van der Waals surface area contributed by atoms with Crippen LogP contribution in [0.25, 0.3) is 0 Å². The zero-order valence-corrected chi connectivity index (χ0v) is 14.2. The largest absolute Gasteiger partial charge is 0.342 e. The molecule has 0 radical (unpaired) electrons. The third-order valence-electron chi connectivity index (χ3n) is 4.34. The number of nitro benzene ring substituents is 1. The van der Waals surface area contributed by atoms with Gasteiger partial charge in [0, 0.05) is 42.2 Å². The van der Waals surface area contributed by atoms with Gasteiger partial charge in [0.25, 0.3) is 5.69 Å². The molecule has 1 N–H and O–H groups in total.